The number of nitrogens with one attached hydrogen (secondary N) is 1. The molecule has 0 aromatic heterocycles. The Morgan fingerprint density at radius 3 is 2.38 bits per heavy atom. The van der Waals surface area contributed by atoms with Gasteiger partial charge in [0.2, 0.25) is 0 Å². The number of hydrogen-bond acceptors (Lipinski definition) is 4. The molecule has 0 saturated heterocycles. The van der Waals surface area contributed by atoms with Gasteiger partial charge in [-0.2, -0.15) is 0 Å². The second-order valence-corrected chi connectivity index (χ2v) is 5.10. The molecule has 0 radical (unpaired) electrons. The molecule has 126 valence electrons. The summed E-state index contributed by atoms with van der Waals surface area (Å²) >= 11 is 0. The van der Waals surface area contributed by atoms with Gasteiger partial charge in [0.25, 0.3) is 5.91 Å². The fourth-order valence-electron chi connectivity index (χ4n) is 1.97. The Morgan fingerprint density at radius 2 is 1.71 bits per heavy atom. The normalized spacial score (nSPS) is 11.4. The molecule has 2 aromatic carbocycles. The van der Waals surface area contributed by atoms with E-state index in [1.807, 2.05) is 37.3 Å². The molecule has 5 nitrogen and oxygen atoms in total. The van der Waals surface area contributed by atoms with Crippen LogP contribution in [0.25, 0.3) is 0 Å². The maximum absolute atomic E-state index is 12.7. The van der Waals surface area contributed by atoms with E-state index >= 15 is 0 Å². The van der Waals surface area contributed by atoms with Crippen LogP contribution in [0, 0.1) is 5.82 Å². The number of ether oxygens (including phenoxy) is 2. The maximum Gasteiger partial charge on any atom is 0.344 e. The molecule has 0 unspecified atom stereocenters. The Labute approximate surface area is 139 Å². The first-order valence-electron chi connectivity index (χ1n) is 7.43. The van der Waals surface area contributed by atoms with Gasteiger partial charge in [-0.1, -0.05) is 30.3 Å². The standard InChI is InChI=1S/C18H18FNO4/c1-13(14-5-3-2-4-6-14)20-17(21)11-24-18(22)12-23-16-9-7-15(19)8-10-16/h2-10,13H,11-12H2,1H3,(H,20,21)/t13-/m1/s1. The highest BCUT2D eigenvalue weighted by Gasteiger charge is 2.12. The van der Waals surface area contributed by atoms with Gasteiger partial charge < -0.3 is 14.8 Å². The molecule has 0 heterocycles. The fourth-order valence-corrected chi connectivity index (χ4v) is 1.97. The smallest absolute Gasteiger partial charge is 0.344 e. The molecule has 0 aliphatic heterocycles. The Bertz CT molecular complexity index is 673. The highest BCUT2D eigenvalue weighted by molar-refractivity contribution is 5.81. The van der Waals surface area contributed by atoms with E-state index in [0.29, 0.717) is 5.75 Å². The van der Waals surface area contributed by atoms with Gasteiger partial charge in [-0.05, 0) is 36.8 Å². The van der Waals surface area contributed by atoms with E-state index in [4.69, 9.17) is 9.47 Å². The van der Waals surface area contributed by atoms with Gasteiger partial charge in [0, 0.05) is 0 Å². The lowest BCUT2D eigenvalue weighted by Crippen LogP contribution is -2.31. The molecule has 2 aromatic rings. The molecule has 1 N–H and O–H groups in total. The van der Waals surface area contributed by atoms with Crippen LogP contribution in [0.1, 0.15) is 18.5 Å². The largest absolute Gasteiger partial charge is 0.482 e. The molecule has 0 aliphatic rings. The average molecular weight is 331 g/mol. The van der Waals surface area contributed by atoms with Crippen molar-refractivity contribution in [3.8, 4) is 5.75 Å². The van der Waals surface area contributed by atoms with Crippen LogP contribution < -0.4 is 10.1 Å². The zero-order valence-corrected chi connectivity index (χ0v) is 13.2. The van der Waals surface area contributed by atoms with Crippen molar-refractivity contribution in [3.63, 3.8) is 0 Å². The molecule has 0 saturated carbocycles. The van der Waals surface area contributed by atoms with Crippen LogP contribution in [0.4, 0.5) is 4.39 Å². The number of benzene rings is 2. The summed E-state index contributed by atoms with van der Waals surface area (Å²) in [6.45, 7) is 1.10. The van der Waals surface area contributed by atoms with Crippen molar-refractivity contribution < 1.29 is 23.5 Å². The van der Waals surface area contributed by atoms with Crippen LogP contribution in [-0.2, 0) is 14.3 Å². The number of carbonyl (C=O) groups excluding carboxylic acids is 2. The van der Waals surface area contributed by atoms with E-state index in [0.717, 1.165) is 5.56 Å². The quantitative estimate of drug-likeness (QED) is 0.792. The van der Waals surface area contributed by atoms with E-state index in [-0.39, 0.29) is 19.3 Å². The van der Waals surface area contributed by atoms with Crippen molar-refractivity contribution in [1.82, 2.24) is 5.32 Å². The Hall–Kier alpha value is -2.89. The van der Waals surface area contributed by atoms with Gasteiger partial charge >= 0.3 is 5.97 Å². The third-order valence-corrected chi connectivity index (χ3v) is 3.21. The monoisotopic (exact) mass is 331 g/mol. The predicted molar refractivity (Wildman–Crippen MR) is 85.9 cm³/mol. The molecule has 2 rings (SSSR count). The lowest BCUT2D eigenvalue weighted by molar-refractivity contribution is -0.150. The molecular weight excluding hydrogens is 313 g/mol. The van der Waals surface area contributed by atoms with Gasteiger partial charge in [0.05, 0.1) is 6.04 Å². The number of amides is 1. The van der Waals surface area contributed by atoms with Crippen LogP contribution in [0.15, 0.2) is 54.6 Å². The zero-order chi connectivity index (χ0) is 17.4. The van der Waals surface area contributed by atoms with Gasteiger partial charge in [-0.15, -0.1) is 0 Å². The topological polar surface area (TPSA) is 64.6 Å². The highest BCUT2D eigenvalue weighted by atomic mass is 19.1. The lowest BCUT2D eigenvalue weighted by Gasteiger charge is -2.14. The second-order valence-electron chi connectivity index (χ2n) is 5.10. The fraction of sp³-hybridized carbons (Fsp3) is 0.222. The van der Waals surface area contributed by atoms with Crippen molar-refractivity contribution in [2.75, 3.05) is 13.2 Å². The summed E-state index contributed by atoms with van der Waals surface area (Å²) in [5.74, 6) is -1.13. The number of halogens is 1. The van der Waals surface area contributed by atoms with Gasteiger partial charge in [0.15, 0.2) is 13.2 Å². The summed E-state index contributed by atoms with van der Waals surface area (Å²) in [7, 11) is 0. The van der Waals surface area contributed by atoms with Crippen molar-refractivity contribution >= 4 is 11.9 Å². The Morgan fingerprint density at radius 1 is 1.04 bits per heavy atom. The summed E-state index contributed by atoms with van der Waals surface area (Å²) in [4.78, 5) is 23.3. The number of hydrogen-bond donors (Lipinski definition) is 1. The third kappa shape index (κ3) is 5.72. The number of rotatable bonds is 7. The average Bonchev–Trinajstić information content (AvgIpc) is 2.60. The molecule has 0 aliphatic carbocycles. The van der Waals surface area contributed by atoms with Crippen LogP contribution in [0.2, 0.25) is 0 Å². The molecule has 0 fully saturated rings. The second kappa shape index (κ2) is 8.67. The van der Waals surface area contributed by atoms with E-state index in [2.05, 4.69) is 5.32 Å². The third-order valence-electron chi connectivity index (χ3n) is 3.21. The molecule has 0 bridgehead atoms. The van der Waals surface area contributed by atoms with Crippen molar-refractivity contribution in [1.29, 1.82) is 0 Å². The van der Waals surface area contributed by atoms with Gasteiger partial charge in [-0.3, -0.25) is 4.79 Å². The molecule has 24 heavy (non-hydrogen) atoms. The zero-order valence-electron chi connectivity index (χ0n) is 13.2. The maximum atomic E-state index is 12.7. The Kier molecular flexibility index (Phi) is 6.31. The summed E-state index contributed by atoms with van der Waals surface area (Å²) < 4.78 is 22.7. The van der Waals surface area contributed by atoms with Crippen molar-refractivity contribution in [3.05, 3.63) is 66.0 Å². The minimum Gasteiger partial charge on any atom is -0.482 e. The van der Waals surface area contributed by atoms with E-state index in [1.54, 1.807) is 0 Å². The first-order valence-corrected chi connectivity index (χ1v) is 7.43. The van der Waals surface area contributed by atoms with Gasteiger partial charge in [-0.25, -0.2) is 9.18 Å². The lowest BCUT2D eigenvalue weighted by atomic mass is 10.1. The number of esters is 1. The Balaban J connectivity index is 1.69. The summed E-state index contributed by atoms with van der Waals surface area (Å²) in [6, 6.07) is 14.5. The molecule has 1 amide bonds. The molecule has 6 heteroatoms. The summed E-state index contributed by atoms with van der Waals surface area (Å²) in [5.41, 5.74) is 0.955. The molecule has 1 atom stereocenters. The molecule has 0 spiro atoms. The van der Waals surface area contributed by atoms with Crippen molar-refractivity contribution in [2.24, 2.45) is 0 Å². The summed E-state index contributed by atoms with van der Waals surface area (Å²) in [5, 5.41) is 2.73. The van der Waals surface area contributed by atoms with Crippen LogP contribution in [-0.4, -0.2) is 25.1 Å². The van der Waals surface area contributed by atoms with E-state index in [1.165, 1.54) is 24.3 Å². The number of carbonyl (C=O) groups is 2. The van der Waals surface area contributed by atoms with E-state index < -0.39 is 17.7 Å². The first kappa shape index (κ1) is 17.5. The molecular formula is C18H18FNO4. The SMILES string of the molecule is C[C@@H](NC(=O)COC(=O)COc1ccc(F)cc1)c1ccccc1. The first-order chi connectivity index (χ1) is 11.5. The minimum absolute atomic E-state index is 0.187. The van der Waals surface area contributed by atoms with Gasteiger partial charge in [0.1, 0.15) is 11.6 Å². The summed E-state index contributed by atoms with van der Waals surface area (Å²) in [6.07, 6.45) is 0. The highest BCUT2D eigenvalue weighted by Crippen LogP contribution is 2.11. The minimum atomic E-state index is -0.679. The van der Waals surface area contributed by atoms with Crippen LogP contribution in [0.5, 0.6) is 5.75 Å². The van der Waals surface area contributed by atoms with Crippen LogP contribution in [0.3, 0.4) is 0 Å². The van der Waals surface area contributed by atoms with E-state index in [9.17, 15) is 14.0 Å². The predicted octanol–water partition coefficient (Wildman–Crippen LogP) is 2.63. The van der Waals surface area contributed by atoms with Crippen molar-refractivity contribution in [2.45, 2.75) is 13.0 Å². The van der Waals surface area contributed by atoms with Crippen LogP contribution >= 0.6 is 0 Å².